The van der Waals surface area contributed by atoms with E-state index in [1.165, 1.54) is 0 Å². The number of anilines is 1. The van der Waals surface area contributed by atoms with Gasteiger partial charge in [0, 0.05) is 10.2 Å². The first-order chi connectivity index (χ1) is 10.3. The Labute approximate surface area is 139 Å². The third kappa shape index (κ3) is 4.34. The van der Waals surface area contributed by atoms with Crippen molar-refractivity contribution in [2.75, 3.05) is 5.32 Å². The van der Waals surface area contributed by atoms with Crippen LogP contribution in [0.1, 0.15) is 23.6 Å². The maximum absolute atomic E-state index is 12.2. The van der Waals surface area contributed by atoms with Crippen LogP contribution >= 0.6 is 15.9 Å². The van der Waals surface area contributed by atoms with Crippen LogP contribution in [-0.2, 0) is 4.79 Å². The van der Waals surface area contributed by atoms with Gasteiger partial charge < -0.3 is 10.1 Å². The Hall–Kier alpha value is -1.81. The molecular formula is C18H20BrNO2. The number of carbonyl (C=O) groups is 1. The number of aryl methyl sites for hydroxylation is 3. The Bertz CT molecular complexity index is 677. The topological polar surface area (TPSA) is 38.3 Å². The molecule has 0 spiro atoms. The highest BCUT2D eigenvalue weighted by molar-refractivity contribution is 9.10. The van der Waals surface area contributed by atoms with Crippen molar-refractivity contribution in [2.24, 2.45) is 0 Å². The van der Waals surface area contributed by atoms with Gasteiger partial charge in [-0.2, -0.15) is 0 Å². The lowest BCUT2D eigenvalue weighted by Gasteiger charge is -2.16. The molecular weight excluding hydrogens is 342 g/mol. The molecule has 1 N–H and O–H groups in total. The third-order valence-electron chi connectivity index (χ3n) is 3.30. The number of halogens is 1. The molecule has 0 saturated carbocycles. The van der Waals surface area contributed by atoms with Crippen LogP contribution in [0, 0.1) is 20.8 Å². The van der Waals surface area contributed by atoms with E-state index in [1.54, 1.807) is 6.92 Å². The van der Waals surface area contributed by atoms with Gasteiger partial charge in [0.25, 0.3) is 5.91 Å². The summed E-state index contributed by atoms with van der Waals surface area (Å²) in [5.41, 5.74) is 4.07. The molecule has 1 amide bonds. The maximum Gasteiger partial charge on any atom is 0.265 e. The van der Waals surface area contributed by atoms with Gasteiger partial charge in [-0.1, -0.05) is 22.0 Å². The molecule has 0 heterocycles. The van der Waals surface area contributed by atoms with Crippen LogP contribution < -0.4 is 10.1 Å². The lowest BCUT2D eigenvalue weighted by molar-refractivity contribution is -0.122. The predicted octanol–water partition coefficient (Wildman–Crippen LogP) is 4.78. The average Bonchev–Trinajstić information content (AvgIpc) is 2.41. The highest BCUT2D eigenvalue weighted by atomic mass is 79.9. The third-order valence-corrected chi connectivity index (χ3v) is 4.19. The second kappa shape index (κ2) is 6.97. The van der Waals surface area contributed by atoms with E-state index in [2.05, 4.69) is 27.3 Å². The molecule has 2 aromatic rings. The number of hydrogen-bond acceptors (Lipinski definition) is 2. The summed E-state index contributed by atoms with van der Waals surface area (Å²) in [6.07, 6.45) is -0.565. The molecule has 0 bridgehead atoms. The number of carbonyl (C=O) groups excluding carboxylic acids is 1. The quantitative estimate of drug-likeness (QED) is 0.850. The van der Waals surface area contributed by atoms with Crippen LogP contribution in [0.5, 0.6) is 5.75 Å². The van der Waals surface area contributed by atoms with Gasteiger partial charge in [0.15, 0.2) is 6.10 Å². The summed E-state index contributed by atoms with van der Waals surface area (Å²) in [7, 11) is 0. The minimum Gasteiger partial charge on any atom is -0.481 e. The molecule has 2 rings (SSSR count). The Balaban J connectivity index is 2.04. The molecule has 0 radical (unpaired) electrons. The molecule has 0 fully saturated rings. The van der Waals surface area contributed by atoms with Gasteiger partial charge in [-0.15, -0.1) is 0 Å². The van der Waals surface area contributed by atoms with Crippen LogP contribution in [0.4, 0.5) is 5.69 Å². The standard InChI is InChI=1S/C18H20BrNO2/c1-11-7-12(2)9-16(8-11)22-14(4)18(21)20-15-5-6-17(19)13(3)10-15/h5-10,14H,1-4H3,(H,20,21)/t14-/m1/s1. The van der Waals surface area contributed by atoms with E-state index < -0.39 is 6.10 Å². The molecule has 0 aromatic heterocycles. The fourth-order valence-electron chi connectivity index (χ4n) is 2.22. The first kappa shape index (κ1) is 16.6. The van der Waals surface area contributed by atoms with Gasteiger partial charge in [-0.3, -0.25) is 4.79 Å². The van der Waals surface area contributed by atoms with Crippen LogP contribution in [0.25, 0.3) is 0 Å². The summed E-state index contributed by atoms with van der Waals surface area (Å²) < 4.78 is 6.76. The van der Waals surface area contributed by atoms with Crippen LogP contribution in [-0.4, -0.2) is 12.0 Å². The van der Waals surface area contributed by atoms with E-state index in [9.17, 15) is 4.79 Å². The fraction of sp³-hybridized carbons (Fsp3) is 0.278. The number of nitrogens with one attached hydrogen (secondary N) is 1. The van der Waals surface area contributed by atoms with Crippen LogP contribution in [0.3, 0.4) is 0 Å². The lowest BCUT2D eigenvalue weighted by Crippen LogP contribution is -2.30. The van der Waals surface area contributed by atoms with E-state index in [0.717, 1.165) is 26.9 Å². The van der Waals surface area contributed by atoms with E-state index in [4.69, 9.17) is 4.74 Å². The van der Waals surface area contributed by atoms with E-state index in [0.29, 0.717) is 5.75 Å². The zero-order chi connectivity index (χ0) is 16.3. The number of hydrogen-bond donors (Lipinski definition) is 1. The van der Waals surface area contributed by atoms with Crippen molar-refractivity contribution in [2.45, 2.75) is 33.8 Å². The largest absolute Gasteiger partial charge is 0.481 e. The summed E-state index contributed by atoms with van der Waals surface area (Å²) in [5, 5.41) is 2.87. The lowest BCUT2D eigenvalue weighted by atomic mass is 10.1. The molecule has 2 aromatic carbocycles. The second-order valence-electron chi connectivity index (χ2n) is 5.54. The smallest absolute Gasteiger partial charge is 0.265 e. The summed E-state index contributed by atoms with van der Waals surface area (Å²) in [6, 6.07) is 11.6. The highest BCUT2D eigenvalue weighted by Crippen LogP contribution is 2.21. The van der Waals surface area contributed by atoms with E-state index >= 15 is 0 Å². The molecule has 1 atom stereocenters. The summed E-state index contributed by atoms with van der Waals surface area (Å²) in [5.74, 6) is 0.549. The normalized spacial score (nSPS) is 11.9. The van der Waals surface area contributed by atoms with Gasteiger partial charge in [-0.25, -0.2) is 0 Å². The SMILES string of the molecule is Cc1cc(C)cc(O[C@H](C)C(=O)Nc2ccc(Br)c(C)c2)c1. The maximum atomic E-state index is 12.2. The van der Waals surface area contributed by atoms with Crippen molar-refractivity contribution in [3.8, 4) is 5.75 Å². The molecule has 0 unspecified atom stereocenters. The Morgan fingerprint density at radius 3 is 2.32 bits per heavy atom. The first-order valence-corrected chi connectivity index (χ1v) is 7.96. The highest BCUT2D eigenvalue weighted by Gasteiger charge is 2.15. The monoisotopic (exact) mass is 361 g/mol. The minimum absolute atomic E-state index is 0.166. The molecule has 0 aliphatic carbocycles. The van der Waals surface area contributed by atoms with E-state index in [-0.39, 0.29) is 5.91 Å². The van der Waals surface area contributed by atoms with Crippen molar-refractivity contribution < 1.29 is 9.53 Å². The zero-order valence-corrected chi connectivity index (χ0v) is 14.8. The van der Waals surface area contributed by atoms with Crippen molar-refractivity contribution in [1.29, 1.82) is 0 Å². The first-order valence-electron chi connectivity index (χ1n) is 7.17. The zero-order valence-electron chi connectivity index (χ0n) is 13.2. The van der Waals surface area contributed by atoms with Crippen molar-refractivity contribution in [1.82, 2.24) is 0 Å². The predicted molar refractivity (Wildman–Crippen MR) is 93.5 cm³/mol. The molecule has 116 valence electrons. The van der Waals surface area contributed by atoms with Gasteiger partial charge in [0.1, 0.15) is 5.75 Å². The van der Waals surface area contributed by atoms with Crippen molar-refractivity contribution in [3.63, 3.8) is 0 Å². The Morgan fingerprint density at radius 2 is 1.73 bits per heavy atom. The molecule has 0 aliphatic rings. The molecule has 22 heavy (non-hydrogen) atoms. The number of rotatable bonds is 4. The molecule has 0 aliphatic heterocycles. The average molecular weight is 362 g/mol. The second-order valence-corrected chi connectivity index (χ2v) is 6.39. The summed E-state index contributed by atoms with van der Waals surface area (Å²) >= 11 is 3.44. The van der Waals surface area contributed by atoms with Gasteiger partial charge >= 0.3 is 0 Å². The fourth-order valence-corrected chi connectivity index (χ4v) is 2.47. The minimum atomic E-state index is -0.565. The summed E-state index contributed by atoms with van der Waals surface area (Å²) in [4.78, 5) is 12.2. The van der Waals surface area contributed by atoms with Crippen molar-refractivity contribution in [3.05, 3.63) is 57.6 Å². The van der Waals surface area contributed by atoms with Crippen LogP contribution in [0.15, 0.2) is 40.9 Å². The van der Waals surface area contributed by atoms with E-state index in [1.807, 2.05) is 51.1 Å². The van der Waals surface area contributed by atoms with Crippen LogP contribution in [0.2, 0.25) is 0 Å². The number of ether oxygens (including phenoxy) is 1. The molecule has 0 saturated heterocycles. The Kier molecular flexibility index (Phi) is 5.24. The Morgan fingerprint density at radius 1 is 1.09 bits per heavy atom. The van der Waals surface area contributed by atoms with Gasteiger partial charge in [0.05, 0.1) is 0 Å². The van der Waals surface area contributed by atoms with Gasteiger partial charge in [0.2, 0.25) is 0 Å². The number of benzene rings is 2. The number of amides is 1. The van der Waals surface area contributed by atoms with Gasteiger partial charge in [-0.05, 0) is 74.7 Å². The molecule has 4 heteroatoms. The summed E-state index contributed by atoms with van der Waals surface area (Å²) in [6.45, 7) is 7.75. The van der Waals surface area contributed by atoms with Crippen molar-refractivity contribution >= 4 is 27.5 Å². The molecule has 3 nitrogen and oxygen atoms in total.